The average Bonchev–Trinajstić information content (AvgIpc) is 2.47. The van der Waals surface area contributed by atoms with Crippen molar-refractivity contribution in [3.63, 3.8) is 0 Å². The van der Waals surface area contributed by atoms with E-state index in [1.165, 1.54) is 5.57 Å². The van der Waals surface area contributed by atoms with E-state index in [-0.39, 0.29) is 0 Å². The van der Waals surface area contributed by atoms with Gasteiger partial charge in [-0.3, -0.25) is 9.38 Å². The van der Waals surface area contributed by atoms with Crippen LogP contribution in [0.15, 0.2) is 24.2 Å². The van der Waals surface area contributed by atoms with Gasteiger partial charge >= 0.3 is 0 Å². The fourth-order valence-electron chi connectivity index (χ4n) is 1.41. The Morgan fingerprint density at radius 2 is 2.07 bits per heavy atom. The summed E-state index contributed by atoms with van der Waals surface area (Å²) in [5.41, 5.74) is 4.26. The van der Waals surface area contributed by atoms with E-state index >= 15 is 0 Å². The van der Waals surface area contributed by atoms with Gasteiger partial charge in [0.1, 0.15) is 0 Å². The van der Waals surface area contributed by atoms with Gasteiger partial charge in [0.2, 0.25) is 0 Å². The van der Waals surface area contributed by atoms with E-state index in [2.05, 4.69) is 34.3 Å². The van der Waals surface area contributed by atoms with Crippen LogP contribution in [0.3, 0.4) is 0 Å². The van der Waals surface area contributed by atoms with Crippen molar-refractivity contribution in [2.45, 2.75) is 20.8 Å². The first-order chi connectivity index (χ1) is 6.66. The summed E-state index contributed by atoms with van der Waals surface area (Å²) < 4.78 is 2.05. The van der Waals surface area contributed by atoms with Crippen LogP contribution in [-0.4, -0.2) is 14.4 Å². The number of hydrogen-bond donors (Lipinski definition) is 0. The summed E-state index contributed by atoms with van der Waals surface area (Å²) in [7, 11) is 0. The summed E-state index contributed by atoms with van der Waals surface area (Å²) in [5, 5.41) is 0. The van der Waals surface area contributed by atoms with Crippen LogP contribution in [-0.2, 0) is 0 Å². The van der Waals surface area contributed by atoms with Crippen molar-refractivity contribution in [3.05, 3.63) is 35.6 Å². The van der Waals surface area contributed by atoms with Gasteiger partial charge in [0.15, 0.2) is 5.65 Å². The molecule has 0 aromatic carbocycles. The lowest BCUT2D eigenvalue weighted by Gasteiger charge is -1.98. The van der Waals surface area contributed by atoms with Crippen LogP contribution in [0.5, 0.6) is 0 Å². The van der Waals surface area contributed by atoms with E-state index in [0.717, 1.165) is 17.0 Å². The van der Waals surface area contributed by atoms with E-state index in [1.807, 2.05) is 19.3 Å². The van der Waals surface area contributed by atoms with Gasteiger partial charge in [0, 0.05) is 6.20 Å². The Labute approximate surface area is 83.1 Å². The highest BCUT2D eigenvalue weighted by Gasteiger charge is 2.00. The summed E-state index contributed by atoms with van der Waals surface area (Å²) >= 11 is 0. The molecule has 0 spiro atoms. The highest BCUT2D eigenvalue weighted by atomic mass is 15.0. The molecule has 0 unspecified atom stereocenters. The molecular weight excluding hydrogens is 174 g/mol. The lowest BCUT2D eigenvalue weighted by atomic mass is 10.3. The van der Waals surface area contributed by atoms with E-state index in [4.69, 9.17) is 0 Å². The Balaban J connectivity index is 2.67. The molecule has 3 heteroatoms. The van der Waals surface area contributed by atoms with Gasteiger partial charge in [-0.25, -0.2) is 4.98 Å². The molecule has 2 aromatic heterocycles. The highest BCUT2D eigenvalue weighted by Crippen LogP contribution is 2.10. The van der Waals surface area contributed by atoms with Crippen LogP contribution in [0.1, 0.15) is 25.2 Å². The minimum absolute atomic E-state index is 0.892. The smallest absolute Gasteiger partial charge is 0.155 e. The Morgan fingerprint density at radius 3 is 2.79 bits per heavy atom. The first-order valence-corrected chi connectivity index (χ1v) is 4.61. The number of rotatable bonds is 1. The number of aryl methyl sites for hydroxylation is 1. The number of hydrogen-bond acceptors (Lipinski definition) is 2. The van der Waals surface area contributed by atoms with E-state index in [1.54, 1.807) is 6.20 Å². The van der Waals surface area contributed by atoms with Gasteiger partial charge in [-0.15, -0.1) is 0 Å². The van der Waals surface area contributed by atoms with Gasteiger partial charge in [-0.05, 0) is 26.8 Å². The predicted molar refractivity (Wildman–Crippen MR) is 57.0 cm³/mol. The second-order valence-corrected chi connectivity index (χ2v) is 3.66. The molecule has 0 radical (unpaired) electrons. The molecule has 2 heterocycles. The van der Waals surface area contributed by atoms with Crippen molar-refractivity contribution in [2.24, 2.45) is 0 Å². The maximum atomic E-state index is 4.27. The van der Waals surface area contributed by atoms with Crippen LogP contribution >= 0.6 is 0 Å². The van der Waals surface area contributed by atoms with Gasteiger partial charge in [-0.2, -0.15) is 0 Å². The summed E-state index contributed by atoms with van der Waals surface area (Å²) in [4.78, 5) is 8.46. The molecule has 0 amide bonds. The van der Waals surface area contributed by atoms with Gasteiger partial charge in [0.05, 0.1) is 23.8 Å². The quantitative estimate of drug-likeness (QED) is 0.686. The molecule has 0 saturated carbocycles. The SMILES string of the molecule is CC(C)=Cc1cnc2cnc(C)cn12. The zero-order valence-corrected chi connectivity index (χ0v) is 8.65. The largest absolute Gasteiger partial charge is 0.297 e. The first kappa shape index (κ1) is 8.94. The van der Waals surface area contributed by atoms with Crippen molar-refractivity contribution < 1.29 is 0 Å². The van der Waals surface area contributed by atoms with Gasteiger partial charge in [-0.1, -0.05) is 5.57 Å². The van der Waals surface area contributed by atoms with Crippen LogP contribution in [0.25, 0.3) is 11.7 Å². The van der Waals surface area contributed by atoms with Crippen molar-refractivity contribution >= 4 is 11.7 Å². The average molecular weight is 187 g/mol. The first-order valence-electron chi connectivity index (χ1n) is 4.61. The van der Waals surface area contributed by atoms with E-state index in [9.17, 15) is 0 Å². The van der Waals surface area contributed by atoms with Crippen LogP contribution < -0.4 is 0 Å². The molecule has 0 fully saturated rings. The normalized spacial score (nSPS) is 10.5. The summed E-state index contributed by atoms with van der Waals surface area (Å²) in [5.74, 6) is 0. The van der Waals surface area contributed by atoms with Gasteiger partial charge in [0.25, 0.3) is 0 Å². The number of imidazole rings is 1. The topological polar surface area (TPSA) is 30.2 Å². The predicted octanol–water partition coefficient (Wildman–Crippen LogP) is 2.46. The molecule has 3 nitrogen and oxygen atoms in total. The second-order valence-electron chi connectivity index (χ2n) is 3.66. The molecule has 72 valence electrons. The number of aromatic nitrogens is 3. The Morgan fingerprint density at radius 1 is 1.29 bits per heavy atom. The fourth-order valence-corrected chi connectivity index (χ4v) is 1.41. The van der Waals surface area contributed by atoms with Crippen molar-refractivity contribution in [1.29, 1.82) is 0 Å². The highest BCUT2D eigenvalue weighted by molar-refractivity contribution is 5.53. The summed E-state index contributed by atoms with van der Waals surface area (Å²) in [6.45, 7) is 6.13. The van der Waals surface area contributed by atoms with E-state index < -0.39 is 0 Å². The van der Waals surface area contributed by atoms with Crippen LogP contribution in [0, 0.1) is 6.92 Å². The molecule has 0 N–H and O–H groups in total. The minimum Gasteiger partial charge on any atom is -0.297 e. The molecule has 0 atom stereocenters. The van der Waals surface area contributed by atoms with Crippen molar-refractivity contribution in [3.8, 4) is 0 Å². The fraction of sp³-hybridized carbons (Fsp3) is 0.273. The van der Waals surface area contributed by atoms with Crippen molar-refractivity contribution in [2.75, 3.05) is 0 Å². The minimum atomic E-state index is 0.892. The molecular formula is C11H13N3. The molecule has 2 aromatic rings. The maximum Gasteiger partial charge on any atom is 0.155 e. The molecule has 0 aliphatic heterocycles. The van der Waals surface area contributed by atoms with Crippen LogP contribution in [0.4, 0.5) is 0 Å². The Hall–Kier alpha value is -1.64. The Kier molecular flexibility index (Phi) is 2.08. The lowest BCUT2D eigenvalue weighted by molar-refractivity contribution is 1.06. The summed E-state index contributed by atoms with van der Waals surface area (Å²) in [6, 6.07) is 0. The molecule has 0 aliphatic rings. The third kappa shape index (κ3) is 1.53. The number of nitrogens with zero attached hydrogens (tertiary/aromatic N) is 3. The van der Waals surface area contributed by atoms with E-state index in [0.29, 0.717) is 0 Å². The third-order valence-corrected chi connectivity index (χ3v) is 1.99. The monoisotopic (exact) mass is 187 g/mol. The molecule has 0 bridgehead atoms. The molecule has 2 rings (SSSR count). The standard InChI is InChI=1S/C11H13N3/c1-8(2)4-10-5-13-11-6-12-9(3)7-14(10)11/h4-7H,1-3H3. The maximum absolute atomic E-state index is 4.27. The lowest BCUT2D eigenvalue weighted by Crippen LogP contribution is -1.91. The second kappa shape index (κ2) is 3.25. The third-order valence-electron chi connectivity index (χ3n) is 1.99. The zero-order valence-electron chi connectivity index (χ0n) is 8.65. The van der Waals surface area contributed by atoms with Crippen molar-refractivity contribution in [1.82, 2.24) is 14.4 Å². The Bertz CT molecular complexity index is 490. The number of allylic oxidation sites excluding steroid dienone is 1. The molecule has 14 heavy (non-hydrogen) atoms. The molecule has 0 aliphatic carbocycles. The zero-order chi connectivity index (χ0) is 10.1. The molecule has 0 saturated heterocycles. The summed E-state index contributed by atoms with van der Waals surface area (Å²) in [6.07, 6.45) is 7.76. The van der Waals surface area contributed by atoms with Crippen LogP contribution in [0.2, 0.25) is 0 Å². The van der Waals surface area contributed by atoms with Gasteiger partial charge < -0.3 is 0 Å². The number of fused-ring (bicyclic) bond motifs is 1.